The molecule has 0 unspecified atom stereocenters. The summed E-state index contributed by atoms with van der Waals surface area (Å²) in [5.41, 5.74) is 1.79. The van der Waals surface area contributed by atoms with Gasteiger partial charge in [0.05, 0.1) is 0 Å². The van der Waals surface area contributed by atoms with Crippen molar-refractivity contribution >= 4 is 5.78 Å². The maximum atomic E-state index is 11.3. The molecular formula is C12H18O. The molecular weight excluding hydrogens is 160 g/mol. The van der Waals surface area contributed by atoms with Gasteiger partial charge in [0.25, 0.3) is 0 Å². The zero-order valence-electron chi connectivity index (χ0n) is 8.60. The third kappa shape index (κ3) is 1.34. The summed E-state index contributed by atoms with van der Waals surface area (Å²) in [6.07, 6.45) is 7.55. The molecule has 1 saturated carbocycles. The fraction of sp³-hybridized carbons (Fsp3) is 0.750. The first kappa shape index (κ1) is 8.98. The number of carbonyl (C=O) groups is 1. The van der Waals surface area contributed by atoms with Crippen LogP contribution < -0.4 is 0 Å². The molecule has 72 valence electrons. The van der Waals surface area contributed by atoms with E-state index in [2.05, 4.69) is 13.8 Å². The van der Waals surface area contributed by atoms with Gasteiger partial charge in [-0.3, -0.25) is 4.79 Å². The molecule has 1 nitrogen and oxygen atoms in total. The fourth-order valence-corrected chi connectivity index (χ4v) is 2.81. The predicted octanol–water partition coefficient (Wildman–Crippen LogP) is 3.10. The number of carbonyl (C=O) groups excluding carboxylic acids is 1. The van der Waals surface area contributed by atoms with Crippen molar-refractivity contribution in [3.63, 3.8) is 0 Å². The van der Waals surface area contributed by atoms with Crippen molar-refractivity contribution in [1.29, 1.82) is 0 Å². The molecule has 0 bridgehead atoms. The van der Waals surface area contributed by atoms with Crippen LogP contribution in [0.15, 0.2) is 11.6 Å². The molecule has 0 amide bonds. The van der Waals surface area contributed by atoms with Crippen LogP contribution in [-0.4, -0.2) is 5.78 Å². The molecule has 1 fully saturated rings. The molecule has 0 radical (unpaired) electrons. The van der Waals surface area contributed by atoms with Crippen LogP contribution in [-0.2, 0) is 4.79 Å². The third-order valence-electron chi connectivity index (χ3n) is 4.13. The Morgan fingerprint density at radius 1 is 1.46 bits per heavy atom. The van der Waals surface area contributed by atoms with E-state index in [1.165, 1.54) is 18.4 Å². The van der Waals surface area contributed by atoms with Gasteiger partial charge in [-0.2, -0.15) is 0 Å². The molecule has 0 aromatic heterocycles. The van der Waals surface area contributed by atoms with E-state index in [0.717, 1.165) is 25.2 Å². The number of ketones is 1. The van der Waals surface area contributed by atoms with Gasteiger partial charge in [0.2, 0.25) is 0 Å². The van der Waals surface area contributed by atoms with Crippen molar-refractivity contribution < 1.29 is 4.79 Å². The van der Waals surface area contributed by atoms with Crippen LogP contribution in [0.25, 0.3) is 0 Å². The maximum absolute atomic E-state index is 11.3. The Labute approximate surface area is 80.2 Å². The zero-order valence-corrected chi connectivity index (χ0v) is 8.60. The summed E-state index contributed by atoms with van der Waals surface area (Å²) in [6.45, 7) is 4.68. The van der Waals surface area contributed by atoms with Crippen LogP contribution in [0.2, 0.25) is 0 Å². The molecule has 0 aliphatic heterocycles. The summed E-state index contributed by atoms with van der Waals surface area (Å²) in [6, 6.07) is 0. The summed E-state index contributed by atoms with van der Waals surface area (Å²) in [7, 11) is 0. The molecule has 1 heteroatoms. The summed E-state index contributed by atoms with van der Waals surface area (Å²) in [5.74, 6) is 1.11. The van der Waals surface area contributed by atoms with E-state index in [1.54, 1.807) is 0 Å². The van der Waals surface area contributed by atoms with E-state index in [9.17, 15) is 4.79 Å². The molecule has 0 saturated heterocycles. The van der Waals surface area contributed by atoms with Gasteiger partial charge in [-0.1, -0.05) is 19.4 Å². The number of rotatable bonds is 0. The van der Waals surface area contributed by atoms with Crippen molar-refractivity contribution in [3.05, 3.63) is 11.6 Å². The van der Waals surface area contributed by atoms with Crippen molar-refractivity contribution in [2.24, 2.45) is 11.3 Å². The minimum Gasteiger partial charge on any atom is -0.295 e. The van der Waals surface area contributed by atoms with Gasteiger partial charge in [-0.15, -0.1) is 0 Å². The standard InChI is InChI=1S/C12H18O/c1-9-4-3-5-10-8-11(13)6-7-12(9,10)2/h8-9H,3-7H2,1-2H3/t9-,12+/m0/s1. The average Bonchev–Trinajstić information content (AvgIpc) is 2.09. The van der Waals surface area contributed by atoms with Crippen molar-refractivity contribution in [3.8, 4) is 0 Å². The van der Waals surface area contributed by atoms with Gasteiger partial charge in [0.15, 0.2) is 5.78 Å². The minimum atomic E-state index is 0.349. The highest BCUT2D eigenvalue weighted by atomic mass is 16.1. The van der Waals surface area contributed by atoms with E-state index in [0.29, 0.717) is 11.2 Å². The van der Waals surface area contributed by atoms with Gasteiger partial charge in [-0.25, -0.2) is 0 Å². The van der Waals surface area contributed by atoms with Gasteiger partial charge >= 0.3 is 0 Å². The molecule has 0 spiro atoms. The Balaban J connectivity index is 2.34. The summed E-state index contributed by atoms with van der Waals surface area (Å²) in [5, 5.41) is 0. The second-order valence-corrected chi connectivity index (χ2v) is 4.85. The van der Waals surface area contributed by atoms with E-state index < -0.39 is 0 Å². The van der Waals surface area contributed by atoms with Crippen LogP contribution >= 0.6 is 0 Å². The first-order valence-corrected chi connectivity index (χ1v) is 5.37. The van der Waals surface area contributed by atoms with E-state index in [1.807, 2.05) is 6.08 Å². The Bertz CT molecular complexity index is 264. The van der Waals surface area contributed by atoms with E-state index in [-0.39, 0.29) is 0 Å². The molecule has 2 aliphatic carbocycles. The third-order valence-corrected chi connectivity index (χ3v) is 4.13. The minimum absolute atomic E-state index is 0.349. The second kappa shape index (κ2) is 2.97. The molecule has 0 heterocycles. The van der Waals surface area contributed by atoms with E-state index in [4.69, 9.17) is 0 Å². The lowest BCUT2D eigenvalue weighted by atomic mass is 9.60. The Morgan fingerprint density at radius 3 is 3.00 bits per heavy atom. The maximum Gasteiger partial charge on any atom is 0.155 e. The topological polar surface area (TPSA) is 17.1 Å². The first-order chi connectivity index (χ1) is 6.13. The number of fused-ring (bicyclic) bond motifs is 1. The Hall–Kier alpha value is -0.590. The fourth-order valence-electron chi connectivity index (χ4n) is 2.81. The van der Waals surface area contributed by atoms with Crippen LogP contribution in [0.1, 0.15) is 46.0 Å². The lowest BCUT2D eigenvalue weighted by Crippen LogP contribution is -2.34. The normalized spacial score (nSPS) is 39.7. The van der Waals surface area contributed by atoms with Crippen molar-refractivity contribution in [1.82, 2.24) is 0 Å². The quantitative estimate of drug-likeness (QED) is 0.557. The number of allylic oxidation sites excluding steroid dienone is 2. The smallest absolute Gasteiger partial charge is 0.155 e. The SMILES string of the molecule is C[C@H]1CCCC2=CC(=O)CC[C@@]21C. The summed E-state index contributed by atoms with van der Waals surface area (Å²) >= 11 is 0. The predicted molar refractivity (Wildman–Crippen MR) is 53.4 cm³/mol. The molecule has 0 N–H and O–H groups in total. The number of hydrogen-bond donors (Lipinski definition) is 0. The zero-order chi connectivity index (χ0) is 9.47. The van der Waals surface area contributed by atoms with Gasteiger partial charge in [0.1, 0.15) is 0 Å². The van der Waals surface area contributed by atoms with Crippen LogP contribution in [0.4, 0.5) is 0 Å². The Morgan fingerprint density at radius 2 is 2.23 bits per heavy atom. The molecule has 2 atom stereocenters. The highest BCUT2D eigenvalue weighted by Crippen LogP contribution is 2.49. The highest BCUT2D eigenvalue weighted by Gasteiger charge is 2.39. The van der Waals surface area contributed by atoms with Gasteiger partial charge < -0.3 is 0 Å². The molecule has 0 aromatic carbocycles. The summed E-state index contributed by atoms with van der Waals surface area (Å²) in [4.78, 5) is 11.3. The molecule has 2 rings (SSSR count). The van der Waals surface area contributed by atoms with Crippen molar-refractivity contribution in [2.75, 3.05) is 0 Å². The van der Waals surface area contributed by atoms with Crippen LogP contribution in [0.5, 0.6) is 0 Å². The lowest BCUT2D eigenvalue weighted by molar-refractivity contribution is -0.116. The van der Waals surface area contributed by atoms with Crippen LogP contribution in [0, 0.1) is 11.3 Å². The second-order valence-electron chi connectivity index (χ2n) is 4.85. The Kier molecular flexibility index (Phi) is 2.05. The monoisotopic (exact) mass is 178 g/mol. The summed E-state index contributed by atoms with van der Waals surface area (Å²) < 4.78 is 0. The average molecular weight is 178 g/mol. The largest absolute Gasteiger partial charge is 0.295 e. The lowest BCUT2D eigenvalue weighted by Gasteiger charge is -2.44. The highest BCUT2D eigenvalue weighted by molar-refractivity contribution is 5.91. The van der Waals surface area contributed by atoms with Crippen molar-refractivity contribution in [2.45, 2.75) is 46.0 Å². The van der Waals surface area contributed by atoms with Gasteiger partial charge in [-0.05, 0) is 43.1 Å². The molecule has 2 aliphatic rings. The first-order valence-electron chi connectivity index (χ1n) is 5.37. The van der Waals surface area contributed by atoms with Crippen LogP contribution in [0.3, 0.4) is 0 Å². The number of hydrogen-bond acceptors (Lipinski definition) is 1. The van der Waals surface area contributed by atoms with E-state index >= 15 is 0 Å². The molecule has 13 heavy (non-hydrogen) atoms. The van der Waals surface area contributed by atoms with Gasteiger partial charge in [0, 0.05) is 6.42 Å². The molecule has 0 aromatic rings.